The van der Waals surface area contributed by atoms with Gasteiger partial charge in [-0.15, -0.1) is 0 Å². The minimum absolute atomic E-state index is 0.321. The van der Waals surface area contributed by atoms with Crippen molar-refractivity contribution in [2.75, 3.05) is 20.2 Å². The Kier molecular flexibility index (Phi) is 4.93. The molecule has 1 N–H and O–H groups in total. The molecule has 1 atom stereocenters. The summed E-state index contributed by atoms with van der Waals surface area (Å²) in [7, 11) is 2.05. The zero-order valence-corrected chi connectivity index (χ0v) is 11.3. The number of rotatable bonds is 5. The molecule has 0 aliphatic carbocycles. The number of aromatic carboxylic acids is 1. The van der Waals surface area contributed by atoms with Crippen molar-refractivity contribution >= 4 is 5.97 Å². The summed E-state index contributed by atoms with van der Waals surface area (Å²) >= 11 is 0. The fraction of sp³-hybridized carbons (Fsp3) is 0.533. The molecule has 19 heavy (non-hydrogen) atoms. The number of hydrogen-bond acceptors (Lipinski definition) is 3. The summed E-state index contributed by atoms with van der Waals surface area (Å²) in [5, 5.41) is 8.97. The SMILES string of the molecule is CN(Cc1cccc(C(=O)O)c1)CC1CCCCO1. The van der Waals surface area contributed by atoms with Gasteiger partial charge in [0.1, 0.15) is 0 Å². The Hall–Kier alpha value is -1.39. The summed E-state index contributed by atoms with van der Waals surface area (Å²) in [5.74, 6) is -0.875. The molecular weight excluding hydrogens is 242 g/mol. The maximum atomic E-state index is 10.9. The van der Waals surface area contributed by atoms with E-state index in [4.69, 9.17) is 9.84 Å². The zero-order valence-electron chi connectivity index (χ0n) is 11.3. The van der Waals surface area contributed by atoms with E-state index in [1.165, 1.54) is 12.8 Å². The van der Waals surface area contributed by atoms with Crippen LogP contribution in [0.5, 0.6) is 0 Å². The lowest BCUT2D eigenvalue weighted by atomic mass is 10.1. The van der Waals surface area contributed by atoms with Gasteiger partial charge in [-0.25, -0.2) is 4.79 Å². The Morgan fingerprint density at radius 2 is 2.32 bits per heavy atom. The van der Waals surface area contributed by atoms with Crippen LogP contribution in [0.3, 0.4) is 0 Å². The number of hydrogen-bond donors (Lipinski definition) is 1. The van der Waals surface area contributed by atoms with Crippen LogP contribution in [0.15, 0.2) is 24.3 Å². The molecule has 0 spiro atoms. The number of carbonyl (C=O) groups is 1. The lowest BCUT2D eigenvalue weighted by Crippen LogP contribution is -2.33. The first kappa shape index (κ1) is 14.0. The van der Waals surface area contributed by atoms with Crippen molar-refractivity contribution in [2.24, 2.45) is 0 Å². The van der Waals surface area contributed by atoms with Crippen molar-refractivity contribution < 1.29 is 14.6 Å². The second-order valence-electron chi connectivity index (χ2n) is 5.19. The van der Waals surface area contributed by atoms with Gasteiger partial charge in [-0.05, 0) is 44.0 Å². The van der Waals surface area contributed by atoms with Crippen LogP contribution in [-0.4, -0.2) is 42.3 Å². The van der Waals surface area contributed by atoms with Gasteiger partial charge in [0.15, 0.2) is 0 Å². The van der Waals surface area contributed by atoms with Gasteiger partial charge in [0.25, 0.3) is 0 Å². The Morgan fingerprint density at radius 1 is 1.47 bits per heavy atom. The maximum Gasteiger partial charge on any atom is 0.335 e. The molecule has 2 rings (SSSR count). The minimum Gasteiger partial charge on any atom is -0.478 e. The fourth-order valence-corrected chi connectivity index (χ4v) is 2.48. The molecule has 1 aromatic rings. The molecule has 4 heteroatoms. The summed E-state index contributed by atoms with van der Waals surface area (Å²) in [4.78, 5) is 13.1. The van der Waals surface area contributed by atoms with Crippen LogP contribution in [0.2, 0.25) is 0 Å². The highest BCUT2D eigenvalue weighted by Crippen LogP contribution is 2.15. The van der Waals surface area contributed by atoms with Gasteiger partial charge >= 0.3 is 5.97 Å². The molecule has 0 aromatic heterocycles. The Balaban J connectivity index is 1.88. The molecule has 4 nitrogen and oxygen atoms in total. The van der Waals surface area contributed by atoms with Crippen molar-refractivity contribution in [3.8, 4) is 0 Å². The standard InChI is InChI=1S/C15H21NO3/c1-16(11-14-7-2-3-8-19-14)10-12-5-4-6-13(9-12)15(17)18/h4-6,9,14H,2-3,7-8,10-11H2,1H3,(H,17,18). The number of likely N-dealkylation sites (N-methyl/N-ethyl adjacent to an activating group) is 1. The summed E-state index contributed by atoms with van der Waals surface area (Å²) < 4.78 is 5.71. The third kappa shape index (κ3) is 4.33. The second-order valence-corrected chi connectivity index (χ2v) is 5.19. The molecule has 0 saturated carbocycles. The maximum absolute atomic E-state index is 10.9. The molecule has 1 heterocycles. The van der Waals surface area contributed by atoms with Crippen LogP contribution < -0.4 is 0 Å². The smallest absolute Gasteiger partial charge is 0.335 e. The molecule has 1 aliphatic rings. The quantitative estimate of drug-likeness (QED) is 0.886. The van der Waals surface area contributed by atoms with Gasteiger partial charge in [-0.1, -0.05) is 12.1 Å². The van der Waals surface area contributed by atoms with E-state index in [1.807, 2.05) is 13.1 Å². The monoisotopic (exact) mass is 263 g/mol. The van der Waals surface area contributed by atoms with Crippen molar-refractivity contribution in [1.29, 1.82) is 0 Å². The molecule has 1 saturated heterocycles. The molecular formula is C15H21NO3. The van der Waals surface area contributed by atoms with E-state index < -0.39 is 5.97 Å². The van der Waals surface area contributed by atoms with Gasteiger partial charge in [-0.3, -0.25) is 4.90 Å². The van der Waals surface area contributed by atoms with Crippen LogP contribution in [0.1, 0.15) is 35.2 Å². The first-order valence-corrected chi connectivity index (χ1v) is 6.77. The van der Waals surface area contributed by atoms with E-state index >= 15 is 0 Å². The first-order chi connectivity index (χ1) is 9.15. The summed E-state index contributed by atoms with van der Waals surface area (Å²) in [6.45, 7) is 2.52. The second kappa shape index (κ2) is 6.68. The highest BCUT2D eigenvalue weighted by atomic mass is 16.5. The van der Waals surface area contributed by atoms with Crippen LogP contribution in [0.4, 0.5) is 0 Å². The lowest BCUT2D eigenvalue weighted by Gasteiger charge is -2.27. The average Bonchev–Trinajstić information content (AvgIpc) is 2.40. The number of nitrogens with zero attached hydrogens (tertiary/aromatic N) is 1. The summed E-state index contributed by atoms with van der Waals surface area (Å²) in [6, 6.07) is 7.12. The van der Waals surface area contributed by atoms with Crippen molar-refractivity contribution in [3.63, 3.8) is 0 Å². The third-order valence-electron chi connectivity index (χ3n) is 3.42. The lowest BCUT2D eigenvalue weighted by molar-refractivity contribution is -0.00260. The normalized spacial score (nSPS) is 19.6. The van der Waals surface area contributed by atoms with E-state index in [0.29, 0.717) is 11.7 Å². The van der Waals surface area contributed by atoms with Gasteiger partial charge < -0.3 is 9.84 Å². The first-order valence-electron chi connectivity index (χ1n) is 6.77. The highest BCUT2D eigenvalue weighted by molar-refractivity contribution is 5.87. The van der Waals surface area contributed by atoms with E-state index in [2.05, 4.69) is 4.90 Å². The molecule has 1 aromatic carbocycles. The molecule has 0 amide bonds. The average molecular weight is 263 g/mol. The van der Waals surface area contributed by atoms with Gasteiger partial charge in [0.2, 0.25) is 0 Å². The number of ether oxygens (including phenoxy) is 1. The predicted octanol–water partition coefficient (Wildman–Crippen LogP) is 2.39. The molecule has 1 unspecified atom stereocenters. The molecule has 1 fully saturated rings. The van der Waals surface area contributed by atoms with Crippen LogP contribution in [0, 0.1) is 0 Å². The third-order valence-corrected chi connectivity index (χ3v) is 3.42. The molecule has 0 radical (unpaired) electrons. The van der Waals surface area contributed by atoms with Gasteiger partial charge in [-0.2, -0.15) is 0 Å². The van der Waals surface area contributed by atoms with Crippen LogP contribution in [0.25, 0.3) is 0 Å². The van der Waals surface area contributed by atoms with Gasteiger partial charge in [0.05, 0.1) is 11.7 Å². The van der Waals surface area contributed by atoms with Crippen LogP contribution >= 0.6 is 0 Å². The van der Waals surface area contributed by atoms with Crippen molar-refractivity contribution in [3.05, 3.63) is 35.4 Å². The number of carboxylic acids is 1. The number of benzene rings is 1. The largest absolute Gasteiger partial charge is 0.478 e. The molecule has 0 bridgehead atoms. The van der Waals surface area contributed by atoms with Crippen molar-refractivity contribution in [2.45, 2.75) is 31.9 Å². The summed E-state index contributed by atoms with van der Waals surface area (Å²) in [5.41, 5.74) is 1.37. The van der Waals surface area contributed by atoms with Gasteiger partial charge in [0, 0.05) is 19.7 Å². The highest BCUT2D eigenvalue weighted by Gasteiger charge is 2.16. The minimum atomic E-state index is -0.875. The predicted molar refractivity (Wildman–Crippen MR) is 73.3 cm³/mol. The van der Waals surface area contributed by atoms with E-state index in [9.17, 15) is 4.79 Å². The molecule has 104 valence electrons. The van der Waals surface area contributed by atoms with E-state index in [-0.39, 0.29) is 0 Å². The molecule has 1 aliphatic heterocycles. The van der Waals surface area contributed by atoms with Crippen LogP contribution in [-0.2, 0) is 11.3 Å². The van der Waals surface area contributed by atoms with E-state index in [1.54, 1.807) is 18.2 Å². The Morgan fingerprint density at radius 3 is 3.00 bits per heavy atom. The topological polar surface area (TPSA) is 49.8 Å². The fourth-order valence-electron chi connectivity index (χ4n) is 2.48. The number of carboxylic acid groups (broad SMARTS) is 1. The zero-order chi connectivity index (χ0) is 13.7. The Bertz CT molecular complexity index is 427. The van der Waals surface area contributed by atoms with E-state index in [0.717, 1.165) is 31.7 Å². The van der Waals surface area contributed by atoms with Crippen molar-refractivity contribution in [1.82, 2.24) is 4.90 Å². The Labute approximate surface area is 114 Å². The summed E-state index contributed by atoms with van der Waals surface area (Å²) in [6.07, 6.45) is 3.86.